The van der Waals surface area contributed by atoms with Crippen LogP contribution in [0.25, 0.3) is 11.6 Å². The summed E-state index contributed by atoms with van der Waals surface area (Å²) in [5.41, 5.74) is 1.05. The number of benzene rings is 1. The second-order valence-electron chi connectivity index (χ2n) is 6.46. The van der Waals surface area contributed by atoms with Gasteiger partial charge in [-0.05, 0) is 48.1 Å². The molecule has 0 bridgehead atoms. The number of likely N-dealkylation sites (tertiary alicyclic amines) is 1. The van der Waals surface area contributed by atoms with E-state index in [0.717, 1.165) is 43.6 Å². The van der Waals surface area contributed by atoms with Gasteiger partial charge in [0.05, 0.1) is 5.57 Å². The average Bonchev–Trinajstić information content (AvgIpc) is 3.06. The molecule has 2 heterocycles. The Bertz CT molecular complexity index is 791. The number of carbonyl (C=O) groups excluding carboxylic acids is 2. The largest absolute Gasteiger partial charge is 0.452 e. The first kappa shape index (κ1) is 19.3. The zero-order chi connectivity index (χ0) is 19.1. The van der Waals surface area contributed by atoms with Crippen molar-refractivity contribution in [2.45, 2.75) is 25.7 Å². The summed E-state index contributed by atoms with van der Waals surface area (Å²) in [6, 6.07) is 9.53. The van der Waals surface area contributed by atoms with E-state index in [4.69, 9.17) is 4.74 Å². The minimum Gasteiger partial charge on any atom is -0.452 e. The minimum atomic E-state index is -0.551. The van der Waals surface area contributed by atoms with Gasteiger partial charge >= 0.3 is 5.97 Å². The van der Waals surface area contributed by atoms with E-state index in [-0.39, 0.29) is 18.3 Å². The van der Waals surface area contributed by atoms with Crippen molar-refractivity contribution >= 4 is 34.9 Å². The van der Waals surface area contributed by atoms with Crippen LogP contribution < -0.4 is 0 Å². The molecule has 1 aliphatic rings. The third-order valence-corrected chi connectivity index (χ3v) is 5.38. The Balaban J connectivity index is 1.70. The van der Waals surface area contributed by atoms with Crippen LogP contribution >= 0.6 is 11.3 Å². The lowest BCUT2D eigenvalue weighted by Gasteiger charge is -2.20. The molecule has 142 valence electrons. The quantitative estimate of drug-likeness (QED) is 0.565. The summed E-state index contributed by atoms with van der Waals surface area (Å²) < 4.78 is 18.4. The Kier molecular flexibility index (Phi) is 6.76. The van der Waals surface area contributed by atoms with E-state index in [1.807, 2.05) is 17.5 Å². The zero-order valence-corrected chi connectivity index (χ0v) is 15.8. The molecule has 0 atom stereocenters. The van der Waals surface area contributed by atoms with E-state index in [1.165, 1.54) is 23.5 Å². The second kappa shape index (κ2) is 9.46. The third-order valence-electron chi connectivity index (χ3n) is 4.47. The van der Waals surface area contributed by atoms with Crippen LogP contribution in [-0.4, -0.2) is 36.5 Å². The Hall–Kier alpha value is -2.47. The summed E-state index contributed by atoms with van der Waals surface area (Å²) in [6.45, 7) is 1.18. The van der Waals surface area contributed by atoms with E-state index in [1.54, 1.807) is 23.1 Å². The highest BCUT2D eigenvalue weighted by Gasteiger charge is 2.20. The summed E-state index contributed by atoms with van der Waals surface area (Å²) in [6.07, 6.45) is 5.90. The number of thiophene rings is 1. The number of hydrogen-bond donors (Lipinski definition) is 0. The molecule has 0 unspecified atom stereocenters. The zero-order valence-electron chi connectivity index (χ0n) is 15.0. The van der Waals surface area contributed by atoms with Crippen LogP contribution in [0.15, 0.2) is 41.8 Å². The van der Waals surface area contributed by atoms with E-state index in [9.17, 15) is 14.0 Å². The molecule has 1 aliphatic heterocycles. The Labute approximate surface area is 162 Å². The maximum atomic E-state index is 13.1. The maximum Gasteiger partial charge on any atom is 0.340 e. The van der Waals surface area contributed by atoms with Gasteiger partial charge < -0.3 is 9.64 Å². The smallest absolute Gasteiger partial charge is 0.340 e. The number of ether oxygens (including phenoxy) is 1. The first-order valence-electron chi connectivity index (χ1n) is 9.09. The second-order valence-corrected chi connectivity index (χ2v) is 7.41. The number of nitrogens with zero attached hydrogens (tertiary/aromatic N) is 1. The summed E-state index contributed by atoms with van der Waals surface area (Å²) in [5.74, 6) is -1.04. The van der Waals surface area contributed by atoms with Crippen molar-refractivity contribution in [3.63, 3.8) is 0 Å². The van der Waals surface area contributed by atoms with E-state index < -0.39 is 5.97 Å². The van der Waals surface area contributed by atoms with Crippen LogP contribution in [0.5, 0.6) is 0 Å². The number of carbonyl (C=O) groups is 2. The molecule has 0 spiro atoms. The van der Waals surface area contributed by atoms with Crippen molar-refractivity contribution in [1.29, 1.82) is 0 Å². The standard InChI is InChI=1S/C21H22FNO3S/c22-17-9-7-16(8-10-17)14-18(19-6-5-13-27-19)21(25)26-15-20(24)23-11-3-1-2-4-12-23/h5-10,13-14H,1-4,11-12,15H2. The lowest BCUT2D eigenvalue weighted by Crippen LogP contribution is -2.35. The third kappa shape index (κ3) is 5.50. The predicted molar refractivity (Wildman–Crippen MR) is 105 cm³/mol. The Morgan fingerprint density at radius 2 is 1.78 bits per heavy atom. The molecule has 0 N–H and O–H groups in total. The van der Waals surface area contributed by atoms with Gasteiger partial charge in [-0.2, -0.15) is 0 Å². The predicted octanol–water partition coefficient (Wildman–Crippen LogP) is 4.37. The van der Waals surface area contributed by atoms with Gasteiger partial charge in [0.15, 0.2) is 6.61 Å². The Morgan fingerprint density at radius 1 is 1.07 bits per heavy atom. The van der Waals surface area contributed by atoms with Crippen LogP contribution in [0.1, 0.15) is 36.1 Å². The molecule has 1 amide bonds. The molecule has 4 nitrogen and oxygen atoms in total. The molecular weight excluding hydrogens is 365 g/mol. The highest BCUT2D eigenvalue weighted by atomic mass is 32.1. The molecule has 1 aromatic heterocycles. The van der Waals surface area contributed by atoms with Crippen molar-refractivity contribution in [3.8, 4) is 0 Å². The molecule has 2 aromatic rings. The SMILES string of the molecule is O=C(OCC(=O)N1CCCCCC1)C(=Cc1ccc(F)cc1)c1cccs1. The summed E-state index contributed by atoms with van der Waals surface area (Å²) in [7, 11) is 0. The lowest BCUT2D eigenvalue weighted by molar-refractivity contribution is -0.147. The van der Waals surface area contributed by atoms with Gasteiger partial charge in [-0.15, -0.1) is 11.3 Å². The Morgan fingerprint density at radius 3 is 2.41 bits per heavy atom. The topological polar surface area (TPSA) is 46.6 Å². The molecular formula is C21H22FNO3S. The van der Waals surface area contributed by atoms with Crippen molar-refractivity contribution < 1.29 is 18.7 Å². The maximum absolute atomic E-state index is 13.1. The molecule has 1 aromatic carbocycles. The van der Waals surface area contributed by atoms with Crippen molar-refractivity contribution in [2.24, 2.45) is 0 Å². The number of amides is 1. The summed E-state index contributed by atoms with van der Waals surface area (Å²) in [4.78, 5) is 27.5. The molecule has 1 fully saturated rings. The van der Waals surface area contributed by atoms with Gasteiger partial charge in [-0.1, -0.05) is 31.0 Å². The minimum absolute atomic E-state index is 0.155. The lowest BCUT2D eigenvalue weighted by atomic mass is 10.1. The molecule has 3 rings (SSSR count). The molecule has 0 saturated carbocycles. The monoisotopic (exact) mass is 387 g/mol. The van der Waals surface area contributed by atoms with Gasteiger partial charge in [0, 0.05) is 18.0 Å². The fourth-order valence-electron chi connectivity index (χ4n) is 3.00. The van der Waals surface area contributed by atoms with Gasteiger partial charge in [-0.3, -0.25) is 4.79 Å². The molecule has 6 heteroatoms. The fraction of sp³-hybridized carbons (Fsp3) is 0.333. The van der Waals surface area contributed by atoms with Crippen LogP contribution in [0, 0.1) is 5.82 Å². The molecule has 27 heavy (non-hydrogen) atoms. The van der Waals surface area contributed by atoms with E-state index in [2.05, 4.69) is 0 Å². The first-order chi connectivity index (χ1) is 13.1. The van der Waals surface area contributed by atoms with Gasteiger partial charge in [0.1, 0.15) is 5.82 Å². The normalized spacial score (nSPS) is 15.3. The van der Waals surface area contributed by atoms with Crippen LogP contribution in [0.2, 0.25) is 0 Å². The number of hydrogen-bond acceptors (Lipinski definition) is 4. The van der Waals surface area contributed by atoms with Crippen LogP contribution in [0.3, 0.4) is 0 Å². The van der Waals surface area contributed by atoms with Crippen LogP contribution in [0.4, 0.5) is 4.39 Å². The molecule has 0 radical (unpaired) electrons. The van der Waals surface area contributed by atoms with Crippen molar-refractivity contribution in [1.82, 2.24) is 4.90 Å². The average molecular weight is 387 g/mol. The number of esters is 1. The summed E-state index contributed by atoms with van der Waals surface area (Å²) >= 11 is 1.41. The van der Waals surface area contributed by atoms with Gasteiger partial charge in [0.25, 0.3) is 5.91 Å². The van der Waals surface area contributed by atoms with E-state index >= 15 is 0 Å². The van der Waals surface area contributed by atoms with Gasteiger partial charge in [0.2, 0.25) is 0 Å². The molecule has 1 saturated heterocycles. The van der Waals surface area contributed by atoms with Gasteiger partial charge in [-0.25, -0.2) is 9.18 Å². The molecule has 0 aliphatic carbocycles. The number of rotatable bonds is 5. The van der Waals surface area contributed by atoms with E-state index in [0.29, 0.717) is 11.1 Å². The highest BCUT2D eigenvalue weighted by molar-refractivity contribution is 7.11. The first-order valence-corrected chi connectivity index (χ1v) is 9.97. The summed E-state index contributed by atoms with van der Waals surface area (Å²) in [5, 5.41) is 1.86. The highest BCUT2D eigenvalue weighted by Crippen LogP contribution is 2.24. The van der Waals surface area contributed by atoms with Crippen LogP contribution in [-0.2, 0) is 14.3 Å². The van der Waals surface area contributed by atoms with Crippen molar-refractivity contribution in [3.05, 3.63) is 58.0 Å². The number of halogens is 1. The van der Waals surface area contributed by atoms with Crippen molar-refractivity contribution in [2.75, 3.05) is 19.7 Å². The fourth-order valence-corrected chi connectivity index (χ4v) is 3.73.